The van der Waals surface area contributed by atoms with Crippen LogP contribution >= 0.6 is 0 Å². The first kappa shape index (κ1) is 18.9. The lowest BCUT2D eigenvalue weighted by molar-refractivity contribution is -0.137. The summed E-state index contributed by atoms with van der Waals surface area (Å²) in [7, 11) is 0. The molecule has 0 heterocycles. The number of carboxylic acid groups (broad SMARTS) is 1. The van der Waals surface area contributed by atoms with Gasteiger partial charge in [0.15, 0.2) is 0 Å². The van der Waals surface area contributed by atoms with Crippen molar-refractivity contribution in [2.75, 3.05) is 0 Å². The van der Waals surface area contributed by atoms with E-state index in [1.54, 1.807) is 0 Å². The Balaban J connectivity index is 3.17. The normalized spacial score (nSPS) is 11.7. The van der Waals surface area contributed by atoms with E-state index in [0.29, 0.717) is 6.42 Å². The molecule has 0 radical (unpaired) electrons. The quantitative estimate of drug-likeness (QED) is 0.318. The van der Waals surface area contributed by atoms with Crippen molar-refractivity contribution in [2.45, 2.75) is 84.0 Å². The summed E-state index contributed by atoms with van der Waals surface area (Å²) in [6.45, 7) is 2.23. The van der Waals surface area contributed by atoms with Crippen LogP contribution in [0.5, 0.6) is 0 Å². The summed E-state index contributed by atoms with van der Waals surface area (Å²) in [5, 5.41) is 8.50. The Kier molecular flexibility index (Phi) is 15.2. The zero-order valence-corrected chi connectivity index (χ0v) is 13.2. The highest BCUT2D eigenvalue weighted by atomic mass is 16.4. The monoisotopic (exact) mass is 280 g/mol. The number of rotatable bonds is 14. The topological polar surface area (TPSA) is 37.3 Å². The average molecular weight is 280 g/mol. The van der Waals surface area contributed by atoms with Crippen LogP contribution in [0.3, 0.4) is 0 Å². The molecule has 0 aromatic rings. The Morgan fingerprint density at radius 3 is 1.85 bits per heavy atom. The largest absolute Gasteiger partial charge is 0.481 e. The molecular formula is C18H32O2. The number of unbranched alkanes of at least 4 members (excludes halogenated alkanes) is 9. The first-order valence-corrected chi connectivity index (χ1v) is 8.30. The SMILES string of the molecule is CCCCCC=C/C=C/CCCCCCCCC(=O)O. The van der Waals surface area contributed by atoms with Crippen molar-refractivity contribution >= 4 is 5.97 Å². The summed E-state index contributed by atoms with van der Waals surface area (Å²) in [5.41, 5.74) is 0. The molecule has 2 heteroatoms. The summed E-state index contributed by atoms with van der Waals surface area (Å²) in [6.07, 6.45) is 22.3. The number of hydrogen-bond acceptors (Lipinski definition) is 1. The average Bonchev–Trinajstić information content (AvgIpc) is 2.43. The van der Waals surface area contributed by atoms with Crippen molar-refractivity contribution in [3.05, 3.63) is 24.3 Å². The molecule has 0 atom stereocenters. The Labute approximate surface area is 125 Å². The van der Waals surface area contributed by atoms with Crippen LogP contribution in [0.2, 0.25) is 0 Å². The predicted molar refractivity (Wildman–Crippen MR) is 87.0 cm³/mol. The third-order valence-corrected chi connectivity index (χ3v) is 3.37. The maximum atomic E-state index is 10.3. The molecule has 0 aromatic carbocycles. The van der Waals surface area contributed by atoms with Gasteiger partial charge in [0.05, 0.1) is 0 Å². The number of carboxylic acids is 1. The van der Waals surface area contributed by atoms with Crippen LogP contribution in [0.1, 0.15) is 84.0 Å². The van der Waals surface area contributed by atoms with E-state index in [0.717, 1.165) is 19.3 Å². The maximum absolute atomic E-state index is 10.3. The van der Waals surface area contributed by atoms with Crippen molar-refractivity contribution in [1.82, 2.24) is 0 Å². The van der Waals surface area contributed by atoms with Gasteiger partial charge in [0.25, 0.3) is 0 Å². The third-order valence-electron chi connectivity index (χ3n) is 3.37. The van der Waals surface area contributed by atoms with Crippen LogP contribution < -0.4 is 0 Å². The lowest BCUT2D eigenvalue weighted by Crippen LogP contribution is -1.93. The summed E-state index contributed by atoms with van der Waals surface area (Å²) >= 11 is 0. The van der Waals surface area contributed by atoms with Gasteiger partial charge in [-0.3, -0.25) is 4.79 Å². The Morgan fingerprint density at radius 1 is 0.800 bits per heavy atom. The molecule has 0 aromatic heterocycles. The minimum Gasteiger partial charge on any atom is -0.481 e. The van der Waals surface area contributed by atoms with E-state index in [4.69, 9.17) is 5.11 Å². The van der Waals surface area contributed by atoms with Gasteiger partial charge in [0, 0.05) is 6.42 Å². The van der Waals surface area contributed by atoms with Crippen LogP contribution in [-0.2, 0) is 4.79 Å². The molecule has 0 aliphatic carbocycles. The first-order chi connectivity index (χ1) is 9.77. The Bertz CT molecular complexity index is 267. The molecule has 20 heavy (non-hydrogen) atoms. The van der Waals surface area contributed by atoms with Gasteiger partial charge in [-0.05, 0) is 32.1 Å². The molecule has 0 bridgehead atoms. The highest BCUT2D eigenvalue weighted by molar-refractivity contribution is 5.66. The molecule has 0 saturated heterocycles. The van der Waals surface area contributed by atoms with Crippen LogP contribution in [0, 0.1) is 0 Å². The second kappa shape index (κ2) is 16.0. The van der Waals surface area contributed by atoms with E-state index in [2.05, 4.69) is 31.2 Å². The van der Waals surface area contributed by atoms with Crippen LogP contribution in [0.25, 0.3) is 0 Å². The van der Waals surface area contributed by atoms with Crippen molar-refractivity contribution in [2.24, 2.45) is 0 Å². The van der Waals surface area contributed by atoms with Gasteiger partial charge in [-0.15, -0.1) is 0 Å². The van der Waals surface area contributed by atoms with Gasteiger partial charge in [-0.25, -0.2) is 0 Å². The molecule has 2 nitrogen and oxygen atoms in total. The van der Waals surface area contributed by atoms with Gasteiger partial charge >= 0.3 is 5.97 Å². The molecule has 0 aliphatic rings. The van der Waals surface area contributed by atoms with Crippen molar-refractivity contribution < 1.29 is 9.90 Å². The molecular weight excluding hydrogens is 248 g/mol. The molecule has 0 aliphatic heterocycles. The van der Waals surface area contributed by atoms with Gasteiger partial charge in [0.2, 0.25) is 0 Å². The van der Waals surface area contributed by atoms with E-state index in [1.165, 1.54) is 51.4 Å². The van der Waals surface area contributed by atoms with E-state index < -0.39 is 5.97 Å². The van der Waals surface area contributed by atoms with Gasteiger partial charge < -0.3 is 5.11 Å². The molecule has 0 fully saturated rings. The molecule has 0 rings (SSSR count). The van der Waals surface area contributed by atoms with E-state index in [-0.39, 0.29) is 0 Å². The minimum atomic E-state index is -0.669. The second-order valence-corrected chi connectivity index (χ2v) is 5.41. The van der Waals surface area contributed by atoms with Crippen molar-refractivity contribution in [1.29, 1.82) is 0 Å². The van der Waals surface area contributed by atoms with E-state index >= 15 is 0 Å². The summed E-state index contributed by atoms with van der Waals surface area (Å²) in [5.74, 6) is -0.669. The van der Waals surface area contributed by atoms with Gasteiger partial charge in [-0.2, -0.15) is 0 Å². The van der Waals surface area contributed by atoms with E-state index in [1.807, 2.05) is 0 Å². The molecule has 0 unspecified atom stereocenters. The van der Waals surface area contributed by atoms with E-state index in [9.17, 15) is 4.79 Å². The molecule has 0 saturated carbocycles. The fraction of sp³-hybridized carbons (Fsp3) is 0.722. The van der Waals surface area contributed by atoms with Gasteiger partial charge in [-0.1, -0.05) is 69.8 Å². The fourth-order valence-electron chi connectivity index (χ4n) is 2.11. The zero-order valence-electron chi connectivity index (χ0n) is 13.2. The highest BCUT2D eigenvalue weighted by Crippen LogP contribution is 2.09. The molecule has 0 amide bonds. The molecule has 116 valence electrons. The second-order valence-electron chi connectivity index (χ2n) is 5.41. The van der Waals surface area contributed by atoms with Crippen molar-refractivity contribution in [3.8, 4) is 0 Å². The van der Waals surface area contributed by atoms with Crippen molar-refractivity contribution in [3.63, 3.8) is 0 Å². The van der Waals surface area contributed by atoms with Gasteiger partial charge in [0.1, 0.15) is 0 Å². The first-order valence-electron chi connectivity index (χ1n) is 8.30. The smallest absolute Gasteiger partial charge is 0.303 e. The summed E-state index contributed by atoms with van der Waals surface area (Å²) in [6, 6.07) is 0. The fourth-order valence-corrected chi connectivity index (χ4v) is 2.11. The van der Waals surface area contributed by atoms with Crippen LogP contribution in [0.4, 0.5) is 0 Å². The minimum absolute atomic E-state index is 0.327. The van der Waals surface area contributed by atoms with Crippen LogP contribution in [-0.4, -0.2) is 11.1 Å². The number of aliphatic carboxylic acids is 1. The Hall–Kier alpha value is -1.05. The Morgan fingerprint density at radius 2 is 1.30 bits per heavy atom. The number of hydrogen-bond donors (Lipinski definition) is 1. The highest BCUT2D eigenvalue weighted by Gasteiger charge is 1.95. The standard InChI is InChI=1S/C18H32O2/c1-2-3-4-5-6-7-8-9-10-11-12-13-14-15-16-17-18(19)20/h6-9H,2-5,10-17H2,1H3,(H,19,20)/b7-6?,9-8+. The molecule has 1 N–H and O–H groups in total. The third kappa shape index (κ3) is 16.9. The molecule has 0 spiro atoms. The number of allylic oxidation sites excluding steroid dienone is 4. The summed E-state index contributed by atoms with van der Waals surface area (Å²) < 4.78 is 0. The van der Waals surface area contributed by atoms with Crippen LogP contribution in [0.15, 0.2) is 24.3 Å². The lowest BCUT2D eigenvalue weighted by atomic mass is 10.1. The summed E-state index contributed by atoms with van der Waals surface area (Å²) in [4.78, 5) is 10.3. The zero-order chi connectivity index (χ0) is 14.9. The predicted octanol–water partition coefficient (Wildman–Crippen LogP) is 5.88. The number of carbonyl (C=O) groups is 1. The maximum Gasteiger partial charge on any atom is 0.303 e. The lowest BCUT2D eigenvalue weighted by Gasteiger charge is -1.99.